The average molecular weight is 303 g/mol. The lowest BCUT2D eigenvalue weighted by atomic mass is 9.85. The molecule has 1 aromatic heterocycles. The third kappa shape index (κ3) is 2.45. The first kappa shape index (κ1) is 14.2. The number of nitrogens with one attached hydrogen (secondary N) is 1. The van der Waals surface area contributed by atoms with E-state index in [0.29, 0.717) is 18.1 Å². The molecule has 1 amide bonds. The van der Waals surface area contributed by atoms with Gasteiger partial charge in [-0.2, -0.15) is 5.10 Å². The van der Waals surface area contributed by atoms with Gasteiger partial charge in [-0.25, -0.2) is 0 Å². The van der Waals surface area contributed by atoms with Crippen molar-refractivity contribution in [2.24, 2.45) is 18.4 Å². The van der Waals surface area contributed by atoms with E-state index in [-0.39, 0.29) is 17.9 Å². The van der Waals surface area contributed by atoms with Crippen LogP contribution in [-0.2, 0) is 16.6 Å². The smallest absolute Gasteiger partial charge is 0.226 e. The molecule has 5 nitrogen and oxygen atoms in total. The maximum atomic E-state index is 12.7. The lowest BCUT2D eigenvalue weighted by Crippen LogP contribution is -2.36. The zero-order chi connectivity index (χ0) is 15.2. The second-order valence-electron chi connectivity index (χ2n) is 7.32. The molecule has 3 atom stereocenters. The molecule has 3 fully saturated rings. The van der Waals surface area contributed by atoms with E-state index in [1.165, 1.54) is 38.5 Å². The van der Waals surface area contributed by atoms with Gasteiger partial charge in [-0.05, 0) is 31.1 Å². The fourth-order valence-electron chi connectivity index (χ4n) is 4.41. The van der Waals surface area contributed by atoms with E-state index in [1.807, 2.05) is 19.4 Å². The third-order valence-electron chi connectivity index (χ3n) is 5.84. The predicted octanol–water partition coefficient (Wildman–Crippen LogP) is 2.34. The Morgan fingerprint density at radius 2 is 2.23 bits per heavy atom. The summed E-state index contributed by atoms with van der Waals surface area (Å²) in [6.45, 7) is 0.660. The van der Waals surface area contributed by atoms with Gasteiger partial charge in [0.2, 0.25) is 5.91 Å². The molecule has 0 bridgehead atoms. The van der Waals surface area contributed by atoms with Gasteiger partial charge in [0.25, 0.3) is 0 Å². The van der Waals surface area contributed by atoms with E-state index in [0.717, 1.165) is 12.0 Å². The van der Waals surface area contributed by atoms with E-state index < -0.39 is 0 Å². The Morgan fingerprint density at radius 3 is 2.95 bits per heavy atom. The minimum atomic E-state index is -0.130. The topological polar surface area (TPSA) is 56.1 Å². The summed E-state index contributed by atoms with van der Waals surface area (Å²) in [5.74, 6) is 0.115. The van der Waals surface area contributed by atoms with Gasteiger partial charge >= 0.3 is 0 Å². The quantitative estimate of drug-likeness (QED) is 0.932. The second kappa shape index (κ2) is 5.37. The van der Waals surface area contributed by atoms with Crippen molar-refractivity contribution in [2.45, 2.75) is 57.1 Å². The zero-order valence-corrected chi connectivity index (χ0v) is 13.3. The van der Waals surface area contributed by atoms with Gasteiger partial charge in [-0.15, -0.1) is 0 Å². The highest BCUT2D eigenvalue weighted by Gasteiger charge is 2.55. The molecule has 1 aromatic rings. The number of aromatic nitrogens is 2. The maximum Gasteiger partial charge on any atom is 0.226 e. The molecular weight excluding hydrogens is 278 g/mol. The van der Waals surface area contributed by atoms with Crippen molar-refractivity contribution in [1.82, 2.24) is 15.1 Å². The monoisotopic (exact) mass is 303 g/mol. The van der Waals surface area contributed by atoms with Crippen molar-refractivity contribution in [2.75, 3.05) is 6.61 Å². The molecule has 4 rings (SSSR count). The fourth-order valence-corrected chi connectivity index (χ4v) is 4.41. The molecule has 1 saturated heterocycles. The highest BCUT2D eigenvalue weighted by molar-refractivity contribution is 5.80. The van der Waals surface area contributed by atoms with Gasteiger partial charge in [0.1, 0.15) is 0 Å². The van der Waals surface area contributed by atoms with Gasteiger partial charge in [-0.3, -0.25) is 9.48 Å². The van der Waals surface area contributed by atoms with Crippen LogP contribution in [0.3, 0.4) is 0 Å². The van der Waals surface area contributed by atoms with Crippen molar-refractivity contribution in [3.8, 4) is 0 Å². The Bertz CT molecular complexity index is 562. The number of carbonyl (C=O) groups excluding carboxylic acids is 1. The van der Waals surface area contributed by atoms with Crippen LogP contribution in [0.5, 0.6) is 0 Å². The van der Waals surface area contributed by atoms with E-state index in [4.69, 9.17) is 4.74 Å². The first-order valence-electron chi connectivity index (χ1n) is 8.58. The minimum Gasteiger partial charge on any atom is -0.373 e. The van der Waals surface area contributed by atoms with Crippen LogP contribution < -0.4 is 5.32 Å². The number of rotatable bonds is 3. The van der Waals surface area contributed by atoms with Crippen LogP contribution in [0.4, 0.5) is 0 Å². The predicted molar refractivity (Wildman–Crippen MR) is 82.1 cm³/mol. The zero-order valence-electron chi connectivity index (χ0n) is 13.3. The van der Waals surface area contributed by atoms with Gasteiger partial charge in [-0.1, -0.05) is 19.3 Å². The summed E-state index contributed by atoms with van der Waals surface area (Å²) in [6, 6.07) is 0.412. The van der Waals surface area contributed by atoms with Gasteiger partial charge in [0.15, 0.2) is 0 Å². The molecule has 0 radical (unpaired) electrons. The van der Waals surface area contributed by atoms with Crippen molar-refractivity contribution >= 4 is 5.91 Å². The first-order valence-corrected chi connectivity index (χ1v) is 8.58. The Labute approximate surface area is 131 Å². The highest BCUT2D eigenvalue weighted by atomic mass is 16.5. The molecule has 0 aromatic carbocycles. The number of aryl methyl sites for hydroxylation is 1. The molecular formula is C17H25N3O2. The maximum absolute atomic E-state index is 12.7. The lowest BCUT2D eigenvalue weighted by Gasteiger charge is -2.23. The highest BCUT2D eigenvalue weighted by Crippen LogP contribution is 2.56. The largest absolute Gasteiger partial charge is 0.373 e. The standard InChI is InChI=1S/C17H25N3O2/c1-20-11-12(10-18-20)15-13(5-8-22-15)16(21)19-14-9-17(14)6-3-2-4-7-17/h10-11,13-15H,2-9H2,1H3,(H,19,21)/t13-,14-,15+/m0/s1. The molecule has 22 heavy (non-hydrogen) atoms. The molecule has 2 heterocycles. The first-order chi connectivity index (χ1) is 10.7. The van der Waals surface area contributed by atoms with Crippen LogP contribution >= 0.6 is 0 Å². The molecule has 5 heteroatoms. The summed E-state index contributed by atoms with van der Waals surface area (Å²) in [7, 11) is 1.89. The Hall–Kier alpha value is -1.36. The number of ether oxygens (including phenoxy) is 1. The van der Waals surface area contributed by atoms with E-state index >= 15 is 0 Å². The lowest BCUT2D eigenvalue weighted by molar-refractivity contribution is -0.127. The number of hydrogen-bond donors (Lipinski definition) is 1. The van der Waals surface area contributed by atoms with Crippen LogP contribution in [0.15, 0.2) is 12.4 Å². The molecule has 120 valence electrons. The third-order valence-corrected chi connectivity index (χ3v) is 5.84. The molecule has 1 spiro atoms. The number of amides is 1. The van der Waals surface area contributed by atoms with Crippen LogP contribution in [0, 0.1) is 11.3 Å². The Balaban J connectivity index is 1.40. The van der Waals surface area contributed by atoms with Crippen LogP contribution in [-0.4, -0.2) is 28.3 Å². The van der Waals surface area contributed by atoms with E-state index in [2.05, 4.69) is 10.4 Å². The van der Waals surface area contributed by atoms with Crippen molar-refractivity contribution in [3.63, 3.8) is 0 Å². The summed E-state index contributed by atoms with van der Waals surface area (Å²) in [5, 5.41) is 7.52. The average Bonchev–Trinajstić information content (AvgIpc) is 2.91. The number of nitrogens with zero attached hydrogens (tertiary/aromatic N) is 2. The molecule has 0 unspecified atom stereocenters. The van der Waals surface area contributed by atoms with Crippen LogP contribution in [0.2, 0.25) is 0 Å². The SMILES string of the molecule is Cn1cc([C@H]2OCC[C@@H]2C(=O)N[C@H]2CC23CCCCC3)cn1. The second-order valence-corrected chi connectivity index (χ2v) is 7.32. The normalized spacial score (nSPS) is 33.0. The molecule has 1 N–H and O–H groups in total. The summed E-state index contributed by atoms with van der Waals surface area (Å²) < 4.78 is 7.58. The van der Waals surface area contributed by atoms with E-state index in [1.54, 1.807) is 4.68 Å². The number of hydrogen-bond acceptors (Lipinski definition) is 3. The van der Waals surface area contributed by atoms with Crippen LogP contribution in [0.1, 0.15) is 56.6 Å². The molecule has 1 aliphatic heterocycles. The van der Waals surface area contributed by atoms with Crippen molar-refractivity contribution in [3.05, 3.63) is 18.0 Å². The van der Waals surface area contributed by atoms with Gasteiger partial charge in [0, 0.05) is 31.5 Å². The minimum absolute atomic E-state index is 0.0644. The van der Waals surface area contributed by atoms with Gasteiger partial charge < -0.3 is 10.1 Å². The van der Waals surface area contributed by atoms with Gasteiger partial charge in [0.05, 0.1) is 18.2 Å². The van der Waals surface area contributed by atoms with Crippen LogP contribution in [0.25, 0.3) is 0 Å². The molecule has 2 saturated carbocycles. The summed E-state index contributed by atoms with van der Waals surface area (Å²) in [5.41, 5.74) is 1.46. The van der Waals surface area contributed by atoms with E-state index in [9.17, 15) is 4.79 Å². The van der Waals surface area contributed by atoms with Crippen molar-refractivity contribution in [1.29, 1.82) is 0 Å². The summed E-state index contributed by atoms with van der Waals surface area (Å²) in [4.78, 5) is 12.7. The summed E-state index contributed by atoms with van der Waals surface area (Å²) >= 11 is 0. The number of carbonyl (C=O) groups is 1. The fraction of sp³-hybridized carbons (Fsp3) is 0.765. The summed E-state index contributed by atoms with van der Waals surface area (Å²) in [6.07, 6.45) is 12.3. The van der Waals surface area contributed by atoms with Crippen molar-refractivity contribution < 1.29 is 9.53 Å². The Kier molecular flexibility index (Phi) is 3.48. The Morgan fingerprint density at radius 1 is 1.41 bits per heavy atom. The molecule has 3 aliphatic rings. The molecule has 2 aliphatic carbocycles.